The number of carbonyl (C=O) groups is 2. The Morgan fingerprint density at radius 1 is 0.750 bits per heavy atom. The maximum Gasteiger partial charge on any atom is 0.243 e. The summed E-state index contributed by atoms with van der Waals surface area (Å²) in [6.07, 6.45) is 0.624. The van der Waals surface area contributed by atoms with Gasteiger partial charge in [0.05, 0.1) is 0 Å². The number of amides is 2. The van der Waals surface area contributed by atoms with Crippen molar-refractivity contribution >= 4 is 23.4 Å². The fourth-order valence-electron chi connectivity index (χ4n) is 4.93. The molecule has 0 aliphatic rings. The average molecular weight is 553 g/mol. The largest absolute Gasteiger partial charge is 0.350 e. The van der Waals surface area contributed by atoms with Crippen LogP contribution in [0.25, 0.3) is 0 Å². The van der Waals surface area contributed by atoms with E-state index in [1.165, 1.54) is 0 Å². The highest BCUT2D eigenvalue weighted by atomic mass is 35.5. The summed E-state index contributed by atoms with van der Waals surface area (Å²) in [5, 5.41) is 3.72. The Labute approximate surface area is 243 Å². The first kappa shape index (κ1) is 29.1. The summed E-state index contributed by atoms with van der Waals surface area (Å²) in [4.78, 5) is 30.0. The van der Waals surface area contributed by atoms with E-state index in [-0.39, 0.29) is 30.7 Å². The molecule has 4 nitrogen and oxygen atoms in total. The molecule has 1 N–H and O–H groups in total. The van der Waals surface area contributed by atoms with Crippen molar-refractivity contribution in [1.29, 1.82) is 0 Å². The van der Waals surface area contributed by atoms with E-state index in [9.17, 15) is 9.59 Å². The van der Waals surface area contributed by atoms with Crippen LogP contribution in [0.15, 0.2) is 115 Å². The van der Waals surface area contributed by atoms with Crippen molar-refractivity contribution in [2.45, 2.75) is 57.7 Å². The Balaban J connectivity index is 1.75. The van der Waals surface area contributed by atoms with Crippen molar-refractivity contribution in [3.05, 3.63) is 143 Å². The van der Waals surface area contributed by atoms with Gasteiger partial charge in [-0.1, -0.05) is 115 Å². The van der Waals surface area contributed by atoms with Crippen molar-refractivity contribution in [2.24, 2.45) is 0 Å². The molecule has 0 aromatic heterocycles. The minimum Gasteiger partial charge on any atom is -0.350 e. The molecule has 0 saturated carbocycles. The van der Waals surface area contributed by atoms with Crippen molar-refractivity contribution in [2.75, 3.05) is 0 Å². The van der Waals surface area contributed by atoms with Crippen LogP contribution in [-0.2, 0) is 22.6 Å². The zero-order chi connectivity index (χ0) is 28.5. The van der Waals surface area contributed by atoms with Crippen LogP contribution >= 0.6 is 11.6 Å². The third-order valence-electron chi connectivity index (χ3n) is 6.79. The number of halogens is 1. The molecule has 0 aliphatic heterocycles. The van der Waals surface area contributed by atoms with Gasteiger partial charge in [-0.05, 0) is 55.2 Å². The number of nitrogens with zero attached hydrogens (tertiary/aromatic N) is 1. The number of hydrogen-bond donors (Lipinski definition) is 1. The third kappa shape index (κ3) is 8.30. The van der Waals surface area contributed by atoms with Crippen molar-refractivity contribution < 1.29 is 9.59 Å². The predicted octanol–water partition coefficient (Wildman–Crippen LogP) is 7.42. The fraction of sp³-hybridized carbons (Fsp3) is 0.257. The van der Waals surface area contributed by atoms with Gasteiger partial charge in [0, 0.05) is 35.9 Å². The van der Waals surface area contributed by atoms with Crippen LogP contribution in [0.2, 0.25) is 5.02 Å². The molecule has 4 rings (SSSR count). The molecule has 4 aromatic carbocycles. The lowest BCUT2D eigenvalue weighted by Crippen LogP contribution is -2.54. The zero-order valence-corrected chi connectivity index (χ0v) is 24.1. The van der Waals surface area contributed by atoms with Gasteiger partial charge in [-0.2, -0.15) is 0 Å². The second kappa shape index (κ2) is 13.5. The summed E-state index contributed by atoms with van der Waals surface area (Å²) < 4.78 is 0. The lowest BCUT2D eigenvalue weighted by Gasteiger charge is -2.35. The molecule has 0 radical (unpaired) electrons. The van der Waals surface area contributed by atoms with Gasteiger partial charge < -0.3 is 10.2 Å². The van der Waals surface area contributed by atoms with E-state index in [2.05, 4.69) is 29.6 Å². The molecule has 4 aromatic rings. The summed E-state index contributed by atoms with van der Waals surface area (Å²) in [7, 11) is 0. The Morgan fingerprint density at radius 3 is 1.80 bits per heavy atom. The molecule has 206 valence electrons. The quantitative estimate of drug-likeness (QED) is 0.222. The highest BCUT2D eigenvalue weighted by Gasteiger charge is 2.33. The van der Waals surface area contributed by atoms with Crippen molar-refractivity contribution in [3.8, 4) is 0 Å². The molecule has 0 spiro atoms. The van der Waals surface area contributed by atoms with Gasteiger partial charge in [0.15, 0.2) is 0 Å². The van der Waals surface area contributed by atoms with E-state index in [1.807, 2.05) is 112 Å². The SMILES string of the molecule is CC(C)(C)NC(=O)[C@H](Cc1ccccc1)N(Cc1cccc(Cl)c1)C(=O)CC(c1ccccc1)c1ccccc1. The van der Waals surface area contributed by atoms with E-state index >= 15 is 0 Å². The number of carbonyl (C=O) groups excluding carboxylic acids is 2. The Kier molecular flexibility index (Phi) is 9.79. The van der Waals surface area contributed by atoms with Crippen LogP contribution in [0, 0.1) is 0 Å². The molecule has 5 heteroatoms. The molecule has 0 fully saturated rings. The highest BCUT2D eigenvalue weighted by molar-refractivity contribution is 6.30. The first-order valence-corrected chi connectivity index (χ1v) is 14.1. The van der Waals surface area contributed by atoms with Crippen LogP contribution in [0.4, 0.5) is 0 Å². The third-order valence-corrected chi connectivity index (χ3v) is 7.03. The summed E-state index contributed by atoms with van der Waals surface area (Å²) in [5.41, 5.74) is 3.53. The van der Waals surface area contributed by atoms with E-state index in [0.717, 1.165) is 22.3 Å². The van der Waals surface area contributed by atoms with E-state index in [1.54, 1.807) is 4.90 Å². The van der Waals surface area contributed by atoms with Gasteiger partial charge in [-0.15, -0.1) is 0 Å². The zero-order valence-electron chi connectivity index (χ0n) is 23.4. The molecule has 0 aliphatic carbocycles. The second-order valence-electron chi connectivity index (χ2n) is 11.2. The molecule has 0 bridgehead atoms. The van der Waals surface area contributed by atoms with E-state index in [0.29, 0.717) is 11.4 Å². The predicted molar refractivity (Wildman–Crippen MR) is 163 cm³/mol. The van der Waals surface area contributed by atoms with Gasteiger partial charge >= 0.3 is 0 Å². The number of benzene rings is 4. The second-order valence-corrected chi connectivity index (χ2v) is 11.6. The van der Waals surface area contributed by atoms with Gasteiger partial charge in [0.2, 0.25) is 11.8 Å². The number of hydrogen-bond acceptors (Lipinski definition) is 2. The van der Waals surface area contributed by atoms with E-state index < -0.39 is 11.6 Å². The lowest BCUT2D eigenvalue weighted by atomic mass is 9.87. The Morgan fingerprint density at radius 2 is 1.27 bits per heavy atom. The van der Waals surface area contributed by atoms with Gasteiger partial charge in [0.1, 0.15) is 6.04 Å². The number of nitrogens with one attached hydrogen (secondary N) is 1. The first-order valence-electron chi connectivity index (χ1n) is 13.7. The van der Waals surface area contributed by atoms with Gasteiger partial charge in [0.25, 0.3) is 0 Å². The Hall–Kier alpha value is -3.89. The summed E-state index contributed by atoms with van der Waals surface area (Å²) in [6, 6.07) is 36.8. The molecule has 0 saturated heterocycles. The van der Waals surface area contributed by atoms with Crippen LogP contribution in [0.5, 0.6) is 0 Å². The fourth-order valence-corrected chi connectivity index (χ4v) is 5.14. The summed E-state index contributed by atoms with van der Waals surface area (Å²) in [6.45, 7) is 6.13. The molecule has 2 amide bonds. The standard InChI is InChI=1S/C35H37ClN2O2/c1-35(2,3)37-34(40)32(23-26-14-7-4-8-15-26)38(25-27-16-13-21-30(36)22-27)33(39)24-31(28-17-9-5-10-18-28)29-19-11-6-12-20-29/h4-22,31-32H,23-25H2,1-3H3,(H,37,40)/t32-/m0/s1. The smallest absolute Gasteiger partial charge is 0.243 e. The van der Waals surface area contributed by atoms with Gasteiger partial charge in [-0.3, -0.25) is 9.59 Å². The highest BCUT2D eigenvalue weighted by Crippen LogP contribution is 2.30. The molecule has 0 unspecified atom stereocenters. The first-order chi connectivity index (χ1) is 19.2. The van der Waals surface area contributed by atoms with Gasteiger partial charge in [-0.25, -0.2) is 0 Å². The number of rotatable bonds is 10. The topological polar surface area (TPSA) is 49.4 Å². The van der Waals surface area contributed by atoms with Crippen LogP contribution in [-0.4, -0.2) is 28.3 Å². The minimum atomic E-state index is -0.708. The van der Waals surface area contributed by atoms with Crippen molar-refractivity contribution in [3.63, 3.8) is 0 Å². The summed E-state index contributed by atoms with van der Waals surface area (Å²) in [5.74, 6) is -0.426. The monoisotopic (exact) mass is 552 g/mol. The average Bonchev–Trinajstić information content (AvgIpc) is 2.94. The molecular weight excluding hydrogens is 516 g/mol. The summed E-state index contributed by atoms with van der Waals surface area (Å²) >= 11 is 6.33. The van der Waals surface area contributed by atoms with Crippen LogP contribution in [0.3, 0.4) is 0 Å². The maximum absolute atomic E-state index is 14.4. The van der Waals surface area contributed by atoms with Crippen molar-refractivity contribution in [1.82, 2.24) is 10.2 Å². The van der Waals surface area contributed by atoms with Crippen LogP contribution in [0.1, 0.15) is 55.4 Å². The molecule has 1 atom stereocenters. The minimum absolute atomic E-state index is 0.0947. The molecule has 0 heterocycles. The normalized spacial score (nSPS) is 12.1. The molecular formula is C35H37ClN2O2. The Bertz CT molecular complexity index is 1350. The maximum atomic E-state index is 14.4. The van der Waals surface area contributed by atoms with Crippen LogP contribution < -0.4 is 5.32 Å². The molecule has 40 heavy (non-hydrogen) atoms. The van der Waals surface area contributed by atoms with E-state index in [4.69, 9.17) is 11.6 Å². The lowest BCUT2D eigenvalue weighted by molar-refractivity contribution is -0.142.